The number of phenols is 1. The summed E-state index contributed by atoms with van der Waals surface area (Å²) in [5.74, 6) is 0.0494. The maximum Gasteiger partial charge on any atom is 0.290 e. The van der Waals surface area contributed by atoms with E-state index >= 15 is 0 Å². The first-order valence-electron chi connectivity index (χ1n) is 4.71. The third-order valence-electron chi connectivity index (χ3n) is 2.40. The number of fused-ring (bicyclic) bond motifs is 1. The van der Waals surface area contributed by atoms with Crippen molar-refractivity contribution >= 4 is 16.6 Å². The predicted octanol–water partition coefficient (Wildman–Crippen LogP) is 0.173. The third kappa shape index (κ3) is 1.52. The second-order valence-corrected chi connectivity index (χ2v) is 3.32. The molecule has 0 aliphatic carbocycles. The molecule has 0 radical (unpaired) electrons. The van der Waals surface area contributed by atoms with E-state index in [1.807, 2.05) is 0 Å². The van der Waals surface area contributed by atoms with Gasteiger partial charge in [0.1, 0.15) is 6.20 Å². The average Bonchev–Trinajstić information content (AvgIpc) is 2.33. The summed E-state index contributed by atoms with van der Waals surface area (Å²) < 4.78 is 10.5. The van der Waals surface area contributed by atoms with Gasteiger partial charge in [0.05, 0.1) is 25.3 Å². The molecule has 0 unspecified atom stereocenters. The first-order valence-corrected chi connectivity index (χ1v) is 4.71. The fourth-order valence-electron chi connectivity index (χ4n) is 1.64. The van der Waals surface area contributed by atoms with Gasteiger partial charge in [-0.2, -0.15) is 0 Å². The lowest BCUT2D eigenvalue weighted by atomic mass is 10.1. The van der Waals surface area contributed by atoms with Crippen LogP contribution in [0.15, 0.2) is 12.5 Å². The van der Waals surface area contributed by atoms with Gasteiger partial charge in [0.25, 0.3) is 6.33 Å². The van der Waals surface area contributed by atoms with Crippen molar-refractivity contribution in [2.24, 2.45) is 0 Å². The normalized spacial score (nSPS) is 10.5. The van der Waals surface area contributed by atoms with Crippen LogP contribution in [0, 0.1) is 5.21 Å². The van der Waals surface area contributed by atoms with Crippen molar-refractivity contribution in [3.8, 4) is 17.2 Å². The summed E-state index contributed by atoms with van der Waals surface area (Å²) in [4.78, 5) is 3.81. The zero-order chi connectivity index (χ0) is 12.6. The van der Waals surface area contributed by atoms with Gasteiger partial charge in [0.2, 0.25) is 17.0 Å². The summed E-state index contributed by atoms with van der Waals surface area (Å²) in [7, 11) is 2.76. The second-order valence-electron chi connectivity index (χ2n) is 3.32. The SMILES string of the molecule is COc1c(OC)c(O)c2nc[n+]([O-])cc2c1N. The molecular weight excluding hydrogens is 226 g/mol. The van der Waals surface area contributed by atoms with Crippen molar-refractivity contribution in [2.45, 2.75) is 0 Å². The van der Waals surface area contributed by atoms with Crippen LogP contribution in [0.1, 0.15) is 0 Å². The first kappa shape index (κ1) is 11.1. The lowest BCUT2D eigenvalue weighted by Gasteiger charge is -2.13. The highest BCUT2D eigenvalue weighted by Gasteiger charge is 2.23. The molecule has 7 heteroatoms. The number of phenolic OH excluding ortho intramolecular Hbond substituents is 1. The minimum absolute atomic E-state index is 0.0913. The summed E-state index contributed by atoms with van der Waals surface area (Å²) >= 11 is 0. The second kappa shape index (κ2) is 3.85. The summed E-state index contributed by atoms with van der Waals surface area (Å²) in [5, 5.41) is 21.4. The number of hydrogen-bond acceptors (Lipinski definition) is 6. The molecule has 3 N–H and O–H groups in total. The smallest absolute Gasteiger partial charge is 0.290 e. The molecule has 2 rings (SSSR count). The molecule has 0 amide bonds. The molecule has 0 saturated heterocycles. The monoisotopic (exact) mass is 237 g/mol. The molecule has 1 aromatic carbocycles. The van der Waals surface area contributed by atoms with Crippen LogP contribution >= 0.6 is 0 Å². The van der Waals surface area contributed by atoms with E-state index in [9.17, 15) is 10.3 Å². The molecule has 0 spiro atoms. The minimum atomic E-state index is -0.214. The average molecular weight is 237 g/mol. The minimum Gasteiger partial charge on any atom is -0.711 e. The molecule has 0 aliphatic rings. The Kier molecular flexibility index (Phi) is 2.51. The standard InChI is InChI=1S/C10H11N3O4/c1-16-9-6(11)5-3-13(15)4-12-7(5)8(14)10(9)17-2/h3-4,14H,11H2,1-2H3. The van der Waals surface area contributed by atoms with E-state index in [4.69, 9.17) is 15.2 Å². The van der Waals surface area contributed by atoms with E-state index in [-0.39, 0.29) is 28.5 Å². The zero-order valence-corrected chi connectivity index (χ0v) is 9.30. The van der Waals surface area contributed by atoms with Gasteiger partial charge >= 0.3 is 0 Å². The fourth-order valence-corrected chi connectivity index (χ4v) is 1.64. The molecule has 17 heavy (non-hydrogen) atoms. The quantitative estimate of drug-likeness (QED) is 0.334. The van der Waals surface area contributed by atoms with Crippen LogP contribution in [0.3, 0.4) is 0 Å². The number of aromatic hydroxyl groups is 1. The van der Waals surface area contributed by atoms with Gasteiger partial charge in [0, 0.05) is 0 Å². The topological polar surface area (TPSA) is 105 Å². The molecular formula is C10H11N3O4. The number of aromatic nitrogens is 2. The number of anilines is 1. The maximum absolute atomic E-state index is 11.1. The Morgan fingerprint density at radius 1 is 1.35 bits per heavy atom. The first-order chi connectivity index (χ1) is 8.10. The molecule has 2 aromatic rings. The Hall–Kier alpha value is -2.44. The fraction of sp³-hybridized carbons (Fsp3) is 0.200. The van der Waals surface area contributed by atoms with Crippen molar-refractivity contribution in [3.63, 3.8) is 0 Å². The number of hydrogen-bond donors (Lipinski definition) is 2. The molecule has 0 atom stereocenters. The maximum atomic E-state index is 11.1. The molecule has 7 nitrogen and oxygen atoms in total. The largest absolute Gasteiger partial charge is 0.711 e. The van der Waals surface area contributed by atoms with Gasteiger partial charge in [-0.1, -0.05) is 0 Å². The van der Waals surface area contributed by atoms with Crippen LogP contribution < -0.4 is 19.9 Å². The Morgan fingerprint density at radius 3 is 2.59 bits per heavy atom. The van der Waals surface area contributed by atoms with Gasteiger partial charge in [-0.15, -0.1) is 0 Å². The Bertz CT molecular complexity index is 586. The van der Waals surface area contributed by atoms with Gasteiger partial charge in [-0.25, -0.2) is 4.73 Å². The number of methoxy groups -OCH3 is 2. The summed E-state index contributed by atoms with van der Waals surface area (Å²) in [5.41, 5.74) is 6.21. The van der Waals surface area contributed by atoms with Crippen LogP contribution in [0.25, 0.3) is 10.9 Å². The summed E-state index contributed by atoms with van der Waals surface area (Å²) in [6.07, 6.45) is 2.23. The predicted molar refractivity (Wildman–Crippen MR) is 59.9 cm³/mol. The van der Waals surface area contributed by atoms with E-state index in [0.717, 1.165) is 6.33 Å². The van der Waals surface area contributed by atoms with Crippen molar-refractivity contribution < 1.29 is 19.3 Å². The highest BCUT2D eigenvalue weighted by atomic mass is 16.5. The summed E-state index contributed by atoms with van der Waals surface area (Å²) in [6, 6.07) is 0. The van der Waals surface area contributed by atoms with Crippen LogP contribution in [0.2, 0.25) is 0 Å². The molecule has 0 aliphatic heterocycles. The van der Waals surface area contributed by atoms with Crippen molar-refractivity contribution in [2.75, 3.05) is 20.0 Å². The number of benzene rings is 1. The lowest BCUT2D eigenvalue weighted by Crippen LogP contribution is -2.25. The van der Waals surface area contributed by atoms with Crippen LogP contribution in [0.4, 0.5) is 5.69 Å². The van der Waals surface area contributed by atoms with E-state index in [0.29, 0.717) is 10.1 Å². The van der Waals surface area contributed by atoms with E-state index in [1.54, 1.807) is 0 Å². The number of rotatable bonds is 2. The molecule has 90 valence electrons. The van der Waals surface area contributed by atoms with Crippen LogP contribution in [-0.2, 0) is 0 Å². The number of nitrogens with two attached hydrogens (primary N) is 1. The Labute approximate surface area is 96.6 Å². The van der Waals surface area contributed by atoms with Gasteiger partial charge in [-0.3, -0.25) is 0 Å². The molecule has 0 fully saturated rings. The number of ether oxygens (including phenoxy) is 2. The van der Waals surface area contributed by atoms with Crippen molar-refractivity contribution in [1.29, 1.82) is 0 Å². The highest BCUT2D eigenvalue weighted by molar-refractivity contribution is 5.99. The molecule has 0 saturated carbocycles. The van der Waals surface area contributed by atoms with E-state index < -0.39 is 0 Å². The van der Waals surface area contributed by atoms with Crippen molar-refractivity contribution in [3.05, 3.63) is 17.7 Å². The van der Waals surface area contributed by atoms with Crippen LogP contribution in [0.5, 0.6) is 17.2 Å². The zero-order valence-electron chi connectivity index (χ0n) is 9.30. The third-order valence-corrected chi connectivity index (χ3v) is 2.40. The molecule has 1 aromatic heterocycles. The van der Waals surface area contributed by atoms with E-state index in [1.165, 1.54) is 20.4 Å². The Balaban J connectivity index is 2.94. The summed E-state index contributed by atoms with van der Waals surface area (Å²) in [6.45, 7) is 0. The van der Waals surface area contributed by atoms with Gasteiger partial charge < -0.3 is 25.5 Å². The van der Waals surface area contributed by atoms with Crippen LogP contribution in [-0.4, -0.2) is 24.3 Å². The molecule has 1 heterocycles. The number of nitrogen functional groups attached to an aromatic ring is 1. The van der Waals surface area contributed by atoms with Gasteiger partial charge in [-0.05, 0) is 4.98 Å². The molecule has 0 bridgehead atoms. The highest BCUT2D eigenvalue weighted by Crippen LogP contribution is 2.46. The Morgan fingerprint density at radius 2 is 2.00 bits per heavy atom. The van der Waals surface area contributed by atoms with Gasteiger partial charge in [0.15, 0.2) is 5.75 Å². The van der Waals surface area contributed by atoms with E-state index in [2.05, 4.69) is 4.98 Å². The van der Waals surface area contributed by atoms with Crippen molar-refractivity contribution in [1.82, 2.24) is 4.98 Å². The number of nitrogens with zero attached hydrogens (tertiary/aromatic N) is 2. The lowest BCUT2D eigenvalue weighted by molar-refractivity contribution is -0.607.